The molecule has 0 spiro atoms. The molecule has 8 heteroatoms. The minimum absolute atomic E-state index is 0.348. The summed E-state index contributed by atoms with van der Waals surface area (Å²) in [5.41, 5.74) is 1.42. The van der Waals surface area contributed by atoms with Crippen molar-refractivity contribution < 1.29 is 24.2 Å². The van der Waals surface area contributed by atoms with Crippen molar-refractivity contribution in [3.05, 3.63) is 42.1 Å². The molecule has 0 aliphatic heterocycles. The summed E-state index contributed by atoms with van der Waals surface area (Å²) in [6, 6.07) is 7.75. The van der Waals surface area contributed by atoms with Crippen LogP contribution in [0.15, 0.2) is 36.5 Å². The lowest BCUT2D eigenvalue weighted by atomic mass is 10.2. The Morgan fingerprint density at radius 3 is 2.60 bits per heavy atom. The number of benzene rings is 1. The average Bonchev–Trinajstić information content (AvgIpc) is 2.57. The first-order valence-corrected chi connectivity index (χ1v) is 7.48. The van der Waals surface area contributed by atoms with E-state index in [1.54, 1.807) is 31.4 Å². The van der Waals surface area contributed by atoms with Gasteiger partial charge >= 0.3 is 6.09 Å². The number of rotatable bonds is 6. The molecule has 0 fully saturated rings. The summed E-state index contributed by atoms with van der Waals surface area (Å²) in [5.74, 6) is 1.15. The molecule has 2 aromatic rings. The second-order valence-corrected chi connectivity index (χ2v) is 5.28. The Hall–Kier alpha value is -3.29. The number of anilines is 1. The molecule has 0 bridgehead atoms. The first-order valence-electron chi connectivity index (χ1n) is 7.48. The van der Waals surface area contributed by atoms with E-state index in [0.29, 0.717) is 23.1 Å². The van der Waals surface area contributed by atoms with Gasteiger partial charge in [0.25, 0.3) is 0 Å². The number of nitrogens with zero attached hydrogens (tertiary/aromatic N) is 1. The second kappa shape index (κ2) is 8.00. The Balaban J connectivity index is 2.00. The summed E-state index contributed by atoms with van der Waals surface area (Å²) in [7, 11) is 1.59. The molecule has 2 rings (SSSR count). The molecule has 0 aliphatic carbocycles. The molecule has 8 nitrogen and oxygen atoms in total. The molecule has 0 aliphatic rings. The third-order valence-corrected chi connectivity index (χ3v) is 3.34. The van der Waals surface area contributed by atoms with E-state index < -0.39 is 18.0 Å². The van der Waals surface area contributed by atoms with Gasteiger partial charge < -0.3 is 25.2 Å². The summed E-state index contributed by atoms with van der Waals surface area (Å²) in [4.78, 5) is 26.4. The normalized spacial score (nSPS) is 11.3. The highest BCUT2D eigenvalue weighted by Crippen LogP contribution is 2.27. The molecule has 1 heterocycles. The van der Waals surface area contributed by atoms with Gasteiger partial charge in [-0.1, -0.05) is 6.07 Å². The van der Waals surface area contributed by atoms with Crippen LogP contribution in [0, 0.1) is 6.92 Å². The fraction of sp³-hybridized carbons (Fsp3) is 0.235. The maximum absolute atomic E-state index is 11.8. The lowest BCUT2D eigenvalue weighted by molar-refractivity contribution is -0.117. The second-order valence-electron chi connectivity index (χ2n) is 5.28. The average molecular weight is 345 g/mol. The summed E-state index contributed by atoms with van der Waals surface area (Å²) in [6.45, 7) is 3.37. The number of pyridine rings is 1. The lowest BCUT2D eigenvalue weighted by Gasteiger charge is -2.12. The van der Waals surface area contributed by atoms with Gasteiger partial charge in [0.15, 0.2) is 0 Å². The topological polar surface area (TPSA) is 110 Å². The highest BCUT2D eigenvalue weighted by Gasteiger charge is 2.15. The summed E-state index contributed by atoms with van der Waals surface area (Å²) < 4.78 is 10.9. The third kappa shape index (κ3) is 5.10. The number of aromatic nitrogens is 1. The number of ether oxygens (including phenoxy) is 2. The first kappa shape index (κ1) is 18.1. The van der Waals surface area contributed by atoms with E-state index in [9.17, 15) is 9.59 Å². The maximum Gasteiger partial charge on any atom is 0.405 e. The van der Waals surface area contributed by atoms with Crippen LogP contribution in [0.2, 0.25) is 0 Å². The van der Waals surface area contributed by atoms with E-state index in [4.69, 9.17) is 14.6 Å². The van der Waals surface area contributed by atoms with Crippen LogP contribution < -0.4 is 20.1 Å². The molecule has 0 saturated heterocycles. The van der Waals surface area contributed by atoms with Crippen molar-refractivity contribution in [2.75, 3.05) is 12.4 Å². The van der Waals surface area contributed by atoms with Crippen molar-refractivity contribution >= 4 is 17.7 Å². The van der Waals surface area contributed by atoms with Crippen LogP contribution in [0.4, 0.5) is 10.5 Å². The predicted octanol–water partition coefficient (Wildman–Crippen LogP) is 2.79. The molecular weight excluding hydrogens is 326 g/mol. The van der Waals surface area contributed by atoms with E-state index in [1.165, 1.54) is 13.1 Å². The Morgan fingerprint density at radius 2 is 2.00 bits per heavy atom. The summed E-state index contributed by atoms with van der Waals surface area (Å²) in [6.07, 6.45) is 0.157. The molecule has 1 aromatic heterocycles. The highest BCUT2D eigenvalue weighted by molar-refractivity contribution is 5.95. The number of nitrogens with one attached hydrogen (secondary N) is 2. The fourth-order valence-electron chi connectivity index (χ4n) is 2.00. The van der Waals surface area contributed by atoms with Gasteiger partial charge in [-0.2, -0.15) is 0 Å². The number of methoxy groups -OCH3 is 1. The summed E-state index contributed by atoms with van der Waals surface area (Å²) >= 11 is 0. The van der Waals surface area contributed by atoms with Crippen LogP contribution >= 0.6 is 0 Å². The molecular formula is C17H19N3O5. The zero-order valence-electron chi connectivity index (χ0n) is 14.1. The zero-order valence-corrected chi connectivity index (χ0v) is 14.1. The van der Waals surface area contributed by atoms with Gasteiger partial charge in [-0.15, -0.1) is 0 Å². The van der Waals surface area contributed by atoms with Gasteiger partial charge in [-0.05, 0) is 31.5 Å². The Morgan fingerprint density at radius 1 is 1.24 bits per heavy atom. The molecule has 0 radical (unpaired) electrons. The molecule has 25 heavy (non-hydrogen) atoms. The summed E-state index contributed by atoms with van der Waals surface area (Å²) in [5, 5.41) is 13.2. The van der Waals surface area contributed by atoms with Crippen molar-refractivity contribution in [2.45, 2.75) is 19.9 Å². The maximum atomic E-state index is 11.8. The van der Waals surface area contributed by atoms with Gasteiger partial charge in [0.05, 0.1) is 19.0 Å². The standard InChI is InChI=1S/C17H19N3O5/c1-10-4-6-13(8-14(10)24-3)25-15-7-5-12(9-18-15)20-16(21)11(2)19-17(22)23/h4-9,11,19H,1-3H3,(H,20,21)(H,22,23)/t11-/m1/s1. The number of hydrogen-bond donors (Lipinski definition) is 3. The van der Waals surface area contributed by atoms with Gasteiger partial charge in [0, 0.05) is 12.1 Å². The monoisotopic (exact) mass is 345 g/mol. The SMILES string of the molecule is COc1cc(Oc2ccc(NC(=O)[C@@H](C)NC(=O)O)cn2)ccc1C. The van der Waals surface area contributed by atoms with Crippen LogP contribution in [0.25, 0.3) is 0 Å². The molecule has 0 unspecified atom stereocenters. The predicted molar refractivity (Wildman–Crippen MR) is 91.3 cm³/mol. The van der Waals surface area contributed by atoms with Crippen LogP contribution in [-0.4, -0.2) is 35.2 Å². The van der Waals surface area contributed by atoms with E-state index in [1.807, 2.05) is 13.0 Å². The Labute approximate surface area is 144 Å². The van der Waals surface area contributed by atoms with E-state index in [0.717, 1.165) is 5.56 Å². The van der Waals surface area contributed by atoms with Crippen LogP contribution in [0.3, 0.4) is 0 Å². The van der Waals surface area contributed by atoms with Crippen molar-refractivity contribution in [3.63, 3.8) is 0 Å². The van der Waals surface area contributed by atoms with Crippen molar-refractivity contribution in [1.82, 2.24) is 10.3 Å². The number of aryl methyl sites for hydroxylation is 1. The highest BCUT2D eigenvalue weighted by atomic mass is 16.5. The van der Waals surface area contributed by atoms with Crippen LogP contribution in [0.1, 0.15) is 12.5 Å². The molecule has 2 amide bonds. The van der Waals surface area contributed by atoms with Crippen molar-refractivity contribution in [2.24, 2.45) is 0 Å². The zero-order chi connectivity index (χ0) is 18.4. The van der Waals surface area contributed by atoms with E-state index in [2.05, 4.69) is 15.6 Å². The number of amides is 2. The van der Waals surface area contributed by atoms with Gasteiger partial charge in [0.2, 0.25) is 11.8 Å². The molecule has 1 aromatic carbocycles. The molecule has 1 atom stereocenters. The number of carbonyl (C=O) groups is 2. The first-order chi connectivity index (χ1) is 11.9. The molecule has 3 N–H and O–H groups in total. The van der Waals surface area contributed by atoms with Gasteiger partial charge in [-0.25, -0.2) is 9.78 Å². The number of hydrogen-bond acceptors (Lipinski definition) is 5. The minimum Gasteiger partial charge on any atom is -0.496 e. The fourth-order valence-corrected chi connectivity index (χ4v) is 2.00. The van der Waals surface area contributed by atoms with Crippen LogP contribution in [0.5, 0.6) is 17.4 Å². The Kier molecular flexibility index (Phi) is 5.78. The van der Waals surface area contributed by atoms with Crippen molar-refractivity contribution in [1.29, 1.82) is 0 Å². The van der Waals surface area contributed by atoms with E-state index in [-0.39, 0.29) is 0 Å². The van der Waals surface area contributed by atoms with Crippen LogP contribution in [-0.2, 0) is 4.79 Å². The minimum atomic E-state index is -1.27. The quantitative estimate of drug-likeness (QED) is 0.742. The molecule has 132 valence electrons. The van der Waals surface area contributed by atoms with Gasteiger partial charge in [-0.3, -0.25) is 4.79 Å². The van der Waals surface area contributed by atoms with E-state index >= 15 is 0 Å². The number of carbonyl (C=O) groups excluding carboxylic acids is 1. The Bertz CT molecular complexity index is 761. The number of carboxylic acid groups (broad SMARTS) is 1. The largest absolute Gasteiger partial charge is 0.496 e. The molecule has 0 saturated carbocycles. The van der Waals surface area contributed by atoms with Crippen molar-refractivity contribution in [3.8, 4) is 17.4 Å². The lowest BCUT2D eigenvalue weighted by Crippen LogP contribution is -2.40. The van der Waals surface area contributed by atoms with Gasteiger partial charge in [0.1, 0.15) is 17.5 Å². The smallest absolute Gasteiger partial charge is 0.405 e. The third-order valence-electron chi connectivity index (χ3n) is 3.34.